The van der Waals surface area contributed by atoms with Crippen molar-refractivity contribution in [3.05, 3.63) is 22.4 Å². The second-order valence-electron chi connectivity index (χ2n) is 4.52. The molecule has 0 radical (unpaired) electrons. The van der Waals surface area contributed by atoms with Gasteiger partial charge >= 0.3 is 0 Å². The molecule has 1 aromatic rings. The lowest BCUT2D eigenvalue weighted by Crippen LogP contribution is -2.47. The largest absolute Gasteiger partial charge is 0.341 e. The third kappa shape index (κ3) is 4.96. The zero-order valence-corrected chi connectivity index (χ0v) is 12.9. The summed E-state index contributed by atoms with van der Waals surface area (Å²) < 4.78 is 0. The predicted octanol–water partition coefficient (Wildman–Crippen LogP) is 2.54. The zero-order chi connectivity index (χ0) is 12.8. The van der Waals surface area contributed by atoms with Gasteiger partial charge in [0, 0.05) is 18.0 Å². The zero-order valence-electron chi connectivity index (χ0n) is 11.3. The fraction of sp³-hybridized carbons (Fsp3) is 0.615. The molecule has 5 heteroatoms. The molecule has 0 aliphatic rings. The van der Waals surface area contributed by atoms with Gasteiger partial charge < -0.3 is 10.6 Å². The van der Waals surface area contributed by atoms with Gasteiger partial charge in [0.1, 0.15) is 0 Å². The SMILES string of the molecule is CCN(CCc1cccs1)C(=O)[C@@H](N)C(C)C.Cl. The van der Waals surface area contributed by atoms with Crippen molar-refractivity contribution in [2.24, 2.45) is 11.7 Å². The van der Waals surface area contributed by atoms with Crippen LogP contribution in [-0.4, -0.2) is 29.9 Å². The number of nitrogens with two attached hydrogens (primary N) is 1. The number of hydrogen-bond acceptors (Lipinski definition) is 3. The summed E-state index contributed by atoms with van der Waals surface area (Å²) >= 11 is 1.73. The van der Waals surface area contributed by atoms with Gasteiger partial charge in [-0.05, 0) is 30.7 Å². The molecular weight excluding hydrogens is 268 g/mol. The number of carbonyl (C=O) groups excluding carboxylic acids is 1. The molecule has 18 heavy (non-hydrogen) atoms. The van der Waals surface area contributed by atoms with Crippen LogP contribution in [0.4, 0.5) is 0 Å². The van der Waals surface area contributed by atoms with Crippen molar-refractivity contribution in [1.29, 1.82) is 0 Å². The molecule has 0 spiro atoms. The Morgan fingerprint density at radius 3 is 2.61 bits per heavy atom. The second-order valence-corrected chi connectivity index (χ2v) is 5.55. The number of halogens is 1. The smallest absolute Gasteiger partial charge is 0.239 e. The van der Waals surface area contributed by atoms with Crippen LogP contribution in [0.15, 0.2) is 17.5 Å². The summed E-state index contributed by atoms with van der Waals surface area (Å²) in [5.41, 5.74) is 5.90. The molecule has 0 saturated heterocycles. The van der Waals surface area contributed by atoms with E-state index < -0.39 is 0 Å². The van der Waals surface area contributed by atoms with Gasteiger partial charge in [0.15, 0.2) is 0 Å². The Morgan fingerprint density at radius 2 is 2.17 bits per heavy atom. The summed E-state index contributed by atoms with van der Waals surface area (Å²) in [5, 5.41) is 2.06. The quantitative estimate of drug-likeness (QED) is 0.875. The molecule has 1 amide bonds. The summed E-state index contributed by atoms with van der Waals surface area (Å²) in [7, 11) is 0. The van der Waals surface area contributed by atoms with Crippen molar-refractivity contribution >= 4 is 29.7 Å². The van der Waals surface area contributed by atoms with Crippen molar-refractivity contribution in [2.45, 2.75) is 33.2 Å². The lowest BCUT2D eigenvalue weighted by Gasteiger charge is -2.25. The maximum atomic E-state index is 12.1. The van der Waals surface area contributed by atoms with E-state index in [0.717, 1.165) is 19.5 Å². The molecule has 0 unspecified atom stereocenters. The van der Waals surface area contributed by atoms with E-state index in [4.69, 9.17) is 5.73 Å². The highest BCUT2D eigenvalue weighted by Gasteiger charge is 2.22. The van der Waals surface area contributed by atoms with E-state index in [9.17, 15) is 4.79 Å². The highest BCUT2D eigenvalue weighted by molar-refractivity contribution is 7.09. The number of nitrogens with zero attached hydrogens (tertiary/aromatic N) is 1. The fourth-order valence-electron chi connectivity index (χ4n) is 1.62. The van der Waals surface area contributed by atoms with Gasteiger partial charge in [0.2, 0.25) is 5.91 Å². The van der Waals surface area contributed by atoms with Gasteiger partial charge in [-0.2, -0.15) is 0 Å². The van der Waals surface area contributed by atoms with Crippen LogP contribution in [0.1, 0.15) is 25.6 Å². The van der Waals surface area contributed by atoms with Crippen LogP contribution in [0.3, 0.4) is 0 Å². The summed E-state index contributed by atoms with van der Waals surface area (Å²) in [6.07, 6.45) is 0.919. The van der Waals surface area contributed by atoms with E-state index in [1.807, 2.05) is 31.7 Å². The topological polar surface area (TPSA) is 46.3 Å². The number of likely N-dealkylation sites (N-methyl/N-ethyl adjacent to an activating group) is 1. The van der Waals surface area contributed by atoms with Gasteiger partial charge in [-0.15, -0.1) is 23.7 Å². The summed E-state index contributed by atoms with van der Waals surface area (Å²) in [6.45, 7) is 7.45. The maximum absolute atomic E-state index is 12.1. The Hall–Kier alpha value is -0.580. The molecule has 1 heterocycles. The first-order valence-corrected chi connectivity index (χ1v) is 7.01. The van der Waals surface area contributed by atoms with Gasteiger partial charge in [-0.3, -0.25) is 4.79 Å². The fourth-order valence-corrected chi connectivity index (χ4v) is 2.32. The van der Waals surface area contributed by atoms with Crippen molar-refractivity contribution in [1.82, 2.24) is 4.90 Å². The van der Waals surface area contributed by atoms with E-state index in [0.29, 0.717) is 0 Å². The second kappa shape index (κ2) is 8.51. The molecule has 0 aliphatic carbocycles. The number of carbonyl (C=O) groups is 1. The molecule has 1 atom stereocenters. The van der Waals surface area contributed by atoms with Crippen LogP contribution in [0.5, 0.6) is 0 Å². The number of thiophene rings is 1. The van der Waals surface area contributed by atoms with Gasteiger partial charge in [-0.1, -0.05) is 19.9 Å². The minimum Gasteiger partial charge on any atom is -0.341 e. The molecule has 0 aliphatic heterocycles. The first-order valence-electron chi connectivity index (χ1n) is 6.13. The number of amides is 1. The molecule has 1 aromatic heterocycles. The minimum absolute atomic E-state index is 0. The highest BCUT2D eigenvalue weighted by atomic mass is 35.5. The molecule has 0 saturated carbocycles. The van der Waals surface area contributed by atoms with Crippen LogP contribution in [0.2, 0.25) is 0 Å². The lowest BCUT2D eigenvalue weighted by molar-refractivity contribution is -0.133. The van der Waals surface area contributed by atoms with Crippen LogP contribution < -0.4 is 5.73 Å². The Balaban J connectivity index is 0.00000289. The number of hydrogen-bond donors (Lipinski definition) is 1. The Kier molecular flexibility index (Phi) is 8.24. The van der Waals surface area contributed by atoms with Crippen molar-refractivity contribution < 1.29 is 4.79 Å². The van der Waals surface area contributed by atoms with Crippen LogP contribution in [0, 0.1) is 5.92 Å². The van der Waals surface area contributed by atoms with E-state index in [-0.39, 0.29) is 30.3 Å². The Morgan fingerprint density at radius 1 is 1.50 bits per heavy atom. The molecule has 0 bridgehead atoms. The van der Waals surface area contributed by atoms with Crippen LogP contribution >= 0.6 is 23.7 Å². The summed E-state index contributed by atoms with van der Waals surface area (Å²) in [5.74, 6) is 0.261. The summed E-state index contributed by atoms with van der Waals surface area (Å²) in [6, 6.07) is 3.77. The molecule has 104 valence electrons. The van der Waals surface area contributed by atoms with Crippen molar-refractivity contribution in [3.8, 4) is 0 Å². The van der Waals surface area contributed by atoms with Crippen LogP contribution in [0.25, 0.3) is 0 Å². The molecule has 3 nitrogen and oxygen atoms in total. The van der Waals surface area contributed by atoms with E-state index in [1.165, 1.54) is 4.88 Å². The first kappa shape index (κ1) is 17.4. The average molecular weight is 291 g/mol. The van der Waals surface area contributed by atoms with Gasteiger partial charge in [-0.25, -0.2) is 0 Å². The minimum atomic E-state index is -0.377. The molecule has 0 fully saturated rings. The normalized spacial score (nSPS) is 12.1. The molecule has 0 aromatic carbocycles. The van der Waals surface area contributed by atoms with Gasteiger partial charge in [0.05, 0.1) is 6.04 Å². The third-order valence-electron chi connectivity index (χ3n) is 2.91. The first-order chi connectivity index (χ1) is 8.06. The predicted molar refractivity (Wildman–Crippen MR) is 80.3 cm³/mol. The lowest BCUT2D eigenvalue weighted by atomic mass is 10.0. The molecule has 1 rings (SSSR count). The van der Waals surface area contributed by atoms with Gasteiger partial charge in [0.25, 0.3) is 0 Å². The Bertz CT molecular complexity index is 341. The average Bonchev–Trinajstić information content (AvgIpc) is 2.81. The van der Waals surface area contributed by atoms with E-state index >= 15 is 0 Å². The molecule has 2 N–H and O–H groups in total. The van der Waals surface area contributed by atoms with E-state index in [2.05, 4.69) is 11.4 Å². The Labute approximate surface area is 120 Å². The standard InChI is InChI=1S/C13H22N2OS.ClH/c1-4-15(13(16)12(14)10(2)3)8-7-11-6-5-9-17-11;/h5-6,9-10,12H,4,7-8,14H2,1-3H3;1H/t12-;/m0./s1. The summed E-state index contributed by atoms with van der Waals surface area (Å²) in [4.78, 5) is 15.2. The van der Waals surface area contributed by atoms with E-state index in [1.54, 1.807) is 11.3 Å². The van der Waals surface area contributed by atoms with Crippen molar-refractivity contribution in [3.63, 3.8) is 0 Å². The maximum Gasteiger partial charge on any atom is 0.239 e. The van der Waals surface area contributed by atoms with Crippen molar-refractivity contribution in [2.75, 3.05) is 13.1 Å². The molecular formula is C13H23ClN2OS. The highest BCUT2D eigenvalue weighted by Crippen LogP contribution is 2.11. The third-order valence-corrected chi connectivity index (χ3v) is 3.84. The number of rotatable bonds is 6. The van der Waals surface area contributed by atoms with Crippen LogP contribution in [-0.2, 0) is 11.2 Å². The monoisotopic (exact) mass is 290 g/mol.